The van der Waals surface area contributed by atoms with Crippen LogP contribution in [0.3, 0.4) is 0 Å². The average molecular weight is 362 g/mol. The summed E-state index contributed by atoms with van der Waals surface area (Å²) in [5.74, 6) is -0.892. The number of hydrogen-bond donors (Lipinski definition) is 1. The number of ketones is 1. The maximum Gasteiger partial charge on any atom is 0.221 e. The van der Waals surface area contributed by atoms with Crippen molar-refractivity contribution in [1.82, 2.24) is 0 Å². The van der Waals surface area contributed by atoms with Gasteiger partial charge in [-0.2, -0.15) is 0 Å². The van der Waals surface area contributed by atoms with Crippen LogP contribution < -0.4 is 5.32 Å². The van der Waals surface area contributed by atoms with Crippen LogP contribution in [-0.4, -0.2) is 11.7 Å². The van der Waals surface area contributed by atoms with Crippen LogP contribution in [0.25, 0.3) is 6.08 Å². The Balaban J connectivity index is 2.18. The quantitative estimate of drug-likeness (QED) is 0.646. The van der Waals surface area contributed by atoms with Crippen molar-refractivity contribution in [3.05, 3.63) is 70.0 Å². The third-order valence-corrected chi connectivity index (χ3v) is 3.34. The van der Waals surface area contributed by atoms with E-state index in [4.69, 9.17) is 0 Å². The Morgan fingerprint density at radius 3 is 2.64 bits per heavy atom. The molecule has 0 atom stereocenters. The molecule has 0 unspecified atom stereocenters. The first-order valence-corrected chi connectivity index (χ1v) is 7.30. The van der Waals surface area contributed by atoms with E-state index < -0.39 is 5.82 Å². The number of carbonyl (C=O) groups excluding carboxylic acids is 2. The number of nitrogens with one attached hydrogen (secondary N) is 1. The minimum Gasteiger partial charge on any atom is -0.326 e. The van der Waals surface area contributed by atoms with E-state index in [9.17, 15) is 14.0 Å². The zero-order chi connectivity index (χ0) is 16.1. The van der Waals surface area contributed by atoms with Gasteiger partial charge in [-0.05, 0) is 36.4 Å². The maximum atomic E-state index is 13.7. The van der Waals surface area contributed by atoms with Crippen LogP contribution in [-0.2, 0) is 4.79 Å². The van der Waals surface area contributed by atoms with Crippen LogP contribution in [0.4, 0.5) is 10.1 Å². The smallest absolute Gasteiger partial charge is 0.221 e. The molecule has 2 rings (SSSR count). The Kier molecular flexibility index (Phi) is 5.22. The lowest BCUT2D eigenvalue weighted by atomic mass is 10.1. The van der Waals surface area contributed by atoms with Gasteiger partial charge in [0.15, 0.2) is 5.78 Å². The van der Waals surface area contributed by atoms with Gasteiger partial charge in [0.05, 0.1) is 0 Å². The van der Waals surface area contributed by atoms with Gasteiger partial charge in [0.25, 0.3) is 0 Å². The summed E-state index contributed by atoms with van der Waals surface area (Å²) in [5.41, 5.74) is 1.29. The fraction of sp³-hybridized carbons (Fsp3) is 0.0588. The molecular formula is C17H13BrFNO2. The average Bonchev–Trinajstić information content (AvgIpc) is 2.45. The van der Waals surface area contributed by atoms with Gasteiger partial charge in [-0.25, -0.2) is 4.39 Å². The molecule has 0 aliphatic carbocycles. The molecule has 3 nitrogen and oxygen atoms in total. The van der Waals surface area contributed by atoms with Gasteiger partial charge in [0.1, 0.15) is 5.82 Å². The number of hydrogen-bond acceptors (Lipinski definition) is 2. The van der Waals surface area contributed by atoms with E-state index >= 15 is 0 Å². The summed E-state index contributed by atoms with van der Waals surface area (Å²) >= 11 is 3.18. The molecule has 1 N–H and O–H groups in total. The van der Waals surface area contributed by atoms with Crippen molar-refractivity contribution in [1.29, 1.82) is 0 Å². The Bertz CT molecular complexity index is 756. The van der Waals surface area contributed by atoms with E-state index in [0.717, 1.165) is 0 Å². The number of halogens is 2. The lowest BCUT2D eigenvalue weighted by Gasteiger charge is -2.03. The van der Waals surface area contributed by atoms with Crippen molar-refractivity contribution in [3.8, 4) is 0 Å². The summed E-state index contributed by atoms with van der Waals surface area (Å²) in [6.07, 6.45) is 2.73. The van der Waals surface area contributed by atoms with Crippen molar-refractivity contribution >= 4 is 39.4 Å². The Hall–Kier alpha value is -2.27. The van der Waals surface area contributed by atoms with E-state index in [1.165, 1.54) is 25.1 Å². The predicted octanol–water partition coefficient (Wildman–Crippen LogP) is 4.44. The Morgan fingerprint density at radius 1 is 1.18 bits per heavy atom. The SMILES string of the molecule is CC(=O)Nc1cccc(C(=O)C=Cc2ccc(Br)cc2F)c1. The Labute approximate surface area is 136 Å². The maximum absolute atomic E-state index is 13.7. The summed E-state index contributed by atoms with van der Waals surface area (Å²) in [7, 11) is 0. The van der Waals surface area contributed by atoms with Gasteiger partial charge in [-0.1, -0.05) is 34.1 Å². The molecule has 2 aromatic carbocycles. The fourth-order valence-electron chi connectivity index (χ4n) is 1.85. The predicted molar refractivity (Wildman–Crippen MR) is 88.2 cm³/mol. The first-order chi connectivity index (χ1) is 10.5. The molecule has 0 aliphatic rings. The highest BCUT2D eigenvalue weighted by molar-refractivity contribution is 9.10. The topological polar surface area (TPSA) is 46.2 Å². The largest absolute Gasteiger partial charge is 0.326 e. The zero-order valence-electron chi connectivity index (χ0n) is 11.8. The number of rotatable bonds is 4. The molecule has 0 aliphatic heterocycles. The molecule has 0 bridgehead atoms. The second-order valence-corrected chi connectivity index (χ2v) is 5.54. The van der Waals surface area contributed by atoms with Crippen molar-refractivity contribution in [2.24, 2.45) is 0 Å². The first kappa shape index (κ1) is 16.1. The lowest BCUT2D eigenvalue weighted by molar-refractivity contribution is -0.114. The number of benzene rings is 2. The minimum absolute atomic E-state index is 0.211. The van der Waals surface area contributed by atoms with Crippen molar-refractivity contribution < 1.29 is 14.0 Å². The molecular weight excluding hydrogens is 349 g/mol. The molecule has 0 saturated carbocycles. The summed E-state index contributed by atoms with van der Waals surface area (Å²) in [4.78, 5) is 23.1. The second-order valence-electron chi connectivity index (χ2n) is 4.63. The summed E-state index contributed by atoms with van der Waals surface area (Å²) in [6, 6.07) is 11.2. The molecule has 0 spiro atoms. The molecule has 0 saturated heterocycles. The van der Waals surface area contributed by atoms with Crippen LogP contribution >= 0.6 is 15.9 Å². The normalized spacial score (nSPS) is 10.7. The highest BCUT2D eigenvalue weighted by Gasteiger charge is 2.05. The Morgan fingerprint density at radius 2 is 1.95 bits per heavy atom. The third-order valence-electron chi connectivity index (χ3n) is 2.84. The van der Waals surface area contributed by atoms with Crippen molar-refractivity contribution in [2.75, 3.05) is 5.32 Å². The summed E-state index contributed by atoms with van der Waals surface area (Å²) in [5, 5.41) is 2.61. The minimum atomic E-state index is -0.412. The van der Waals surface area contributed by atoms with Crippen molar-refractivity contribution in [2.45, 2.75) is 6.92 Å². The highest BCUT2D eigenvalue weighted by atomic mass is 79.9. The van der Waals surface area contributed by atoms with Crippen LogP contribution in [0.1, 0.15) is 22.8 Å². The van der Waals surface area contributed by atoms with Gasteiger partial charge in [0.2, 0.25) is 5.91 Å². The second kappa shape index (κ2) is 7.13. The van der Waals surface area contributed by atoms with E-state index in [1.54, 1.807) is 36.4 Å². The van der Waals surface area contributed by atoms with Crippen LogP contribution in [0, 0.1) is 5.82 Å². The number of allylic oxidation sites excluding steroid dienone is 1. The van der Waals surface area contributed by atoms with Gasteiger partial charge in [0, 0.05) is 28.2 Å². The molecule has 5 heteroatoms. The van der Waals surface area contributed by atoms with Gasteiger partial charge < -0.3 is 5.32 Å². The number of anilines is 1. The highest BCUT2D eigenvalue weighted by Crippen LogP contribution is 2.17. The van der Waals surface area contributed by atoms with Crippen LogP contribution in [0.2, 0.25) is 0 Å². The molecule has 22 heavy (non-hydrogen) atoms. The molecule has 2 aromatic rings. The molecule has 0 fully saturated rings. The fourth-order valence-corrected chi connectivity index (χ4v) is 2.18. The monoisotopic (exact) mass is 361 g/mol. The number of amides is 1. The van der Waals surface area contributed by atoms with Crippen LogP contribution in [0.5, 0.6) is 0 Å². The van der Waals surface area contributed by atoms with Crippen molar-refractivity contribution in [3.63, 3.8) is 0 Å². The van der Waals surface area contributed by atoms with E-state index in [1.807, 2.05) is 0 Å². The molecule has 0 aromatic heterocycles. The van der Waals surface area contributed by atoms with E-state index in [-0.39, 0.29) is 11.7 Å². The lowest BCUT2D eigenvalue weighted by Crippen LogP contribution is -2.06. The first-order valence-electron chi connectivity index (χ1n) is 6.51. The van der Waals surface area contributed by atoms with Gasteiger partial charge in [-0.3, -0.25) is 9.59 Å². The van der Waals surface area contributed by atoms with Gasteiger partial charge in [-0.15, -0.1) is 0 Å². The van der Waals surface area contributed by atoms with Gasteiger partial charge >= 0.3 is 0 Å². The molecule has 1 amide bonds. The standard InChI is InChI=1S/C17H13BrFNO2/c1-11(21)20-15-4-2-3-13(9-15)17(22)8-6-12-5-7-14(18)10-16(12)19/h2-10H,1H3,(H,20,21). The van der Waals surface area contributed by atoms with E-state index in [2.05, 4.69) is 21.2 Å². The summed E-state index contributed by atoms with van der Waals surface area (Å²) in [6.45, 7) is 1.39. The molecule has 112 valence electrons. The van der Waals surface area contributed by atoms with Crippen LogP contribution in [0.15, 0.2) is 53.0 Å². The zero-order valence-corrected chi connectivity index (χ0v) is 13.4. The third kappa shape index (κ3) is 4.36. The number of carbonyl (C=O) groups is 2. The molecule has 0 radical (unpaired) electrons. The molecule has 0 heterocycles. The van der Waals surface area contributed by atoms with E-state index in [0.29, 0.717) is 21.3 Å². The summed E-state index contributed by atoms with van der Waals surface area (Å²) < 4.78 is 14.3.